The predicted molar refractivity (Wildman–Crippen MR) is 109 cm³/mol. The molecule has 0 unspecified atom stereocenters. The van der Waals surface area contributed by atoms with E-state index >= 15 is 0 Å². The summed E-state index contributed by atoms with van der Waals surface area (Å²) in [4.78, 5) is 24.3. The third kappa shape index (κ3) is 2.21. The van der Waals surface area contributed by atoms with Gasteiger partial charge in [0.2, 0.25) is 0 Å². The molecular formula is C24H16O3. The van der Waals surface area contributed by atoms with E-state index in [0.717, 1.165) is 21.5 Å². The molecule has 0 spiro atoms. The van der Waals surface area contributed by atoms with Crippen LogP contribution in [-0.2, 0) is 9.53 Å². The van der Waals surface area contributed by atoms with Crippen molar-refractivity contribution < 1.29 is 14.3 Å². The molecule has 0 aromatic heterocycles. The van der Waals surface area contributed by atoms with Crippen molar-refractivity contribution in [1.29, 1.82) is 0 Å². The minimum Gasteiger partial charge on any atom is -0.469 e. The number of fused-ring (bicyclic) bond motifs is 2. The summed E-state index contributed by atoms with van der Waals surface area (Å²) < 4.78 is 4.66. The van der Waals surface area contributed by atoms with Crippen molar-refractivity contribution in [3.63, 3.8) is 0 Å². The molecule has 5 aromatic carbocycles. The third-order valence-electron chi connectivity index (χ3n) is 5.36. The summed E-state index contributed by atoms with van der Waals surface area (Å²) in [6.07, 6.45) is -0.249. The highest BCUT2D eigenvalue weighted by molar-refractivity contribution is 6.34. The highest BCUT2D eigenvalue weighted by Crippen LogP contribution is 2.40. The van der Waals surface area contributed by atoms with Crippen LogP contribution in [0.1, 0.15) is 16.8 Å². The van der Waals surface area contributed by atoms with Crippen molar-refractivity contribution in [1.82, 2.24) is 0 Å². The van der Waals surface area contributed by atoms with Crippen LogP contribution >= 0.6 is 0 Å². The first kappa shape index (κ1) is 15.8. The van der Waals surface area contributed by atoms with Crippen molar-refractivity contribution in [3.8, 4) is 0 Å². The predicted octanol–water partition coefficient (Wildman–Crippen LogP) is 5.48. The van der Waals surface area contributed by atoms with Crippen LogP contribution in [0.25, 0.3) is 43.1 Å². The fourth-order valence-corrected chi connectivity index (χ4v) is 4.19. The molecule has 0 N–H and O–H groups in total. The molecule has 0 bridgehead atoms. The molecule has 0 heterocycles. The number of methoxy groups -OCH3 is 1. The second-order valence-corrected chi connectivity index (χ2v) is 6.77. The molecule has 0 atom stereocenters. The summed E-state index contributed by atoms with van der Waals surface area (Å²) >= 11 is 0. The molecule has 5 rings (SSSR count). The largest absolute Gasteiger partial charge is 0.469 e. The van der Waals surface area contributed by atoms with E-state index < -0.39 is 5.97 Å². The van der Waals surface area contributed by atoms with Crippen LogP contribution in [0.5, 0.6) is 0 Å². The lowest BCUT2D eigenvalue weighted by atomic mass is 9.87. The Morgan fingerprint density at radius 1 is 0.704 bits per heavy atom. The Morgan fingerprint density at radius 3 is 1.93 bits per heavy atom. The van der Waals surface area contributed by atoms with Crippen LogP contribution in [0.4, 0.5) is 0 Å². The van der Waals surface area contributed by atoms with Gasteiger partial charge < -0.3 is 4.74 Å². The quantitative estimate of drug-likeness (QED) is 0.142. The van der Waals surface area contributed by atoms with Gasteiger partial charge in [0.05, 0.1) is 7.11 Å². The van der Waals surface area contributed by atoms with Gasteiger partial charge in [0.15, 0.2) is 5.78 Å². The zero-order valence-corrected chi connectivity index (χ0v) is 14.8. The zero-order valence-electron chi connectivity index (χ0n) is 14.8. The number of carbonyl (C=O) groups excluding carboxylic acids is 2. The topological polar surface area (TPSA) is 43.4 Å². The van der Waals surface area contributed by atoms with Gasteiger partial charge >= 0.3 is 5.97 Å². The van der Waals surface area contributed by atoms with E-state index in [4.69, 9.17) is 0 Å². The molecule has 0 saturated heterocycles. The van der Waals surface area contributed by atoms with Gasteiger partial charge in [0, 0.05) is 5.56 Å². The van der Waals surface area contributed by atoms with E-state index in [0.29, 0.717) is 5.56 Å². The second kappa shape index (κ2) is 5.78. The van der Waals surface area contributed by atoms with Gasteiger partial charge in [-0.1, -0.05) is 66.7 Å². The SMILES string of the molecule is COC(=O)CC(=O)c1ccc2c3cccc4cccc(c5cccc1c52)c43. The molecule has 0 saturated carbocycles. The van der Waals surface area contributed by atoms with Gasteiger partial charge in [-0.05, 0) is 43.1 Å². The fraction of sp³-hybridized carbons (Fsp3) is 0.0833. The average Bonchev–Trinajstić information content (AvgIpc) is 2.71. The van der Waals surface area contributed by atoms with Gasteiger partial charge in [-0.2, -0.15) is 0 Å². The normalized spacial score (nSPS) is 11.6. The lowest BCUT2D eigenvalue weighted by Crippen LogP contribution is -2.10. The number of carbonyl (C=O) groups is 2. The molecular weight excluding hydrogens is 336 g/mol. The molecule has 27 heavy (non-hydrogen) atoms. The molecule has 0 radical (unpaired) electrons. The number of benzene rings is 5. The summed E-state index contributed by atoms with van der Waals surface area (Å²) in [5, 5.41) is 9.01. The molecule has 3 nitrogen and oxygen atoms in total. The standard InChI is InChI=1S/C24H16O3/c1-27-22(26)13-21(25)15-11-12-20-18-8-3-6-14-5-2-7-17(23(14)18)19-10-4-9-16(15)24(19)20/h2-12H,13H2,1H3. The Balaban J connectivity index is 1.93. The Morgan fingerprint density at radius 2 is 1.26 bits per heavy atom. The second-order valence-electron chi connectivity index (χ2n) is 6.77. The van der Waals surface area contributed by atoms with Gasteiger partial charge in [-0.15, -0.1) is 0 Å². The summed E-state index contributed by atoms with van der Waals surface area (Å²) in [6.45, 7) is 0. The Hall–Kier alpha value is -3.46. The molecule has 130 valence electrons. The van der Waals surface area contributed by atoms with Crippen LogP contribution in [-0.4, -0.2) is 18.9 Å². The minimum absolute atomic E-state index is 0.220. The molecule has 0 aliphatic rings. The lowest BCUT2D eigenvalue weighted by molar-refractivity contribution is -0.139. The lowest BCUT2D eigenvalue weighted by Gasteiger charge is -2.15. The van der Waals surface area contributed by atoms with Crippen LogP contribution in [0.15, 0.2) is 66.7 Å². The van der Waals surface area contributed by atoms with Crippen LogP contribution in [0.2, 0.25) is 0 Å². The molecule has 5 aromatic rings. The first-order valence-electron chi connectivity index (χ1n) is 8.87. The molecule has 3 heteroatoms. The smallest absolute Gasteiger partial charge is 0.313 e. The van der Waals surface area contributed by atoms with E-state index in [9.17, 15) is 9.59 Å². The highest BCUT2D eigenvalue weighted by atomic mass is 16.5. The average molecular weight is 352 g/mol. The van der Waals surface area contributed by atoms with Crippen molar-refractivity contribution in [2.75, 3.05) is 7.11 Å². The first-order valence-corrected chi connectivity index (χ1v) is 8.87. The van der Waals surface area contributed by atoms with Crippen molar-refractivity contribution in [3.05, 3.63) is 72.3 Å². The van der Waals surface area contributed by atoms with Crippen LogP contribution in [0.3, 0.4) is 0 Å². The molecule has 0 aliphatic heterocycles. The Labute approximate surface area is 155 Å². The maximum atomic E-state index is 12.7. The van der Waals surface area contributed by atoms with E-state index in [1.807, 2.05) is 24.3 Å². The Bertz CT molecular complexity index is 1310. The van der Waals surface area contributed by atoms with Crippen molar-refractivity contribution in [2.45, 2.75) is 6.42 Å². The summed E-state index contributed by atoms with van der Waals surface area (Å²) in [5.41, 5.74) is 0.563. The van der Waals surface area contributed by atoms with Gasteiger partial charge in [0.1, 0.15) is 6.42 Å². The van der Waals surface area contributed by atoms with Gasteiger partial charge in [0.25, 0.3) is 0 Å². The van der Waals surface area contributed by atoms with Crippen LogP contribution < -0.4 is 0 Å². The zero-order chi connectivity index (χ0) is 18.5. The number of Topliss-reactive ketones (excluding diaryl/α,β-unsaturated/α-hetero) is 1. The number of hydrogen-bond acceptors (Lipinski definition) is 3. The Kier molecular flexibility index (Phi) is 3.37. The van der Waals surface area contributed by atoms with E-state index in [2.05, 4.69) is 47.2 Å². The minimum atomic E-state index is -0.518. The number of hydrogen-bond donors (Lipinski definition) is 0. The monoisotopic (exact) mass is 352 g/mol. The number of rotatable bonds is 3. The molecule has 0 fully saturated rings. The van der Waals surface area contributed by atoms with E-state index in [-0.39, 0.29) is 12.2 Å². The van der Waals surface area contributed by atoms with Gasteiger partial charge in [-0.3, -0.25) is 9.59 Å². The third-order valence-corrected chi connectivity index (χ3v) is 5.36. The maximum Gasteiger partial charge on any atom is 0.313 e. The molecule has 0 amide bonds. The number of ether oxygens (including phenoxy) is 1. The molecule has 0 aliphatic carbocycles. The van der Waals surface area contributed by atoms with Gasteiger partial charge in [-0.25, -0.2) is 0 Å². The van der Waals surface area contributed by atoms with Crippen LogP contribution in [0, 0.1) is 0 Å². The number of esters is 1. The van der Waals surface area contributed by atoms with Crippen molar-refractivity contribution in [2.24, 2.45) is 0 Å². The maximum absolute atomic E-state index is 12.7. The summed E-state index contributed by atoms with van der Waals surface area (Å²) in [5.74, 6) is -0.738. The van der Waals surface area contributed by atoms with E-state index in [1.54, 1.807) is 0 Å². The fourth-order valence-electron chi connectivity index (χ4n) is 4.19. The first-order chi connectivity index (χ1) is 13.2. The summed E-state index contributed by atoms with van der Waals surface area (Å²) in [6, 6.07) is 22.5. The summed E-state index contributed by atoms with van der Waals surface area (Å²) in [7, 11) is 1.30. The van der Waals surface area contributed by atoms with Crippen molar-refractivity contribution >= 4 is 54.8 Å². The highest BCUT2D eigenvalue weighted by Gasteiger charge is 2.18. The van der Waals surface area contributed by atoms with E-state index in [1.165, 1.54) is 28.7 Å². The number of ketones is 1.